The van der Waals surface area contributed by atoms with Gasteiger partial charge in [0.05, 0.1) is 24.7 Å². The molecule has 1 fully saturated rings. The maximum absolute atomic E-state index is 12.8. The standard InChI is InChI=1S/C23H24O3S2/c1-25-17-11-6-10-16(14-17)19-18(15-8-4-3-5-9-15)20(22(24)26-2)21(19)23-27-12-7-13-28-23/h3-6,8-11,14,18,20,23H,7,12-13H2,1-2H3/t18-,20+/m1/s1. The van der Waals surface area contributed by atoms with E-state index in [1.807, 2.05) is 53.9 Å². The summed E-state index contributed by atoms with van der Waals surface area (Å²) in [6.45, 7) is 0. The molecule has 2 atom stereocenters. The molecule has 0 bridgehead atoms. The lowest BCUT2D eigenvalue weighted by atomic mass is 9.63. The number of hydrogen-bond acceptors (Lipinski definition) is 5. The molecule has 0 aromatic heterocycles. The molecule has 0 N–H and O–H groups in total. The minimum Gasteiger partial charge on any atom is -0.497 e. The number of methoxy groups -OCH3 is 2. The van der Waals surface area contributed by atoms with Gasteiger partial charge in [0, 0.05) is 5.92 Å². The summed E-state index contributed by atoms with van der Waals surface area (Å²) >= 11 is 3.90. The van der Waals surface area contributed by atoms with Gasteiger partial charge in [0.15, 0.2) is 0 Å². The summed E-state index contributed by atoms with van der Waals surface area (Å²) < 4.78 is 11.0. The Kier molecular flexibility index (Phi) is 6.02. The molecule has 0 radical (unpaired) electrons. The van der Waals surface area contributed by atoms with Gasteiger partial charge in [-0.15, -0.1) is 23.5 Å². The fraction of sp³-hybridized carbons (Fsp3) is 0.348. The number of hydrogen-bond donors (Lipinski definition) is 0. The molecule has 0 saturated carbocycles. The third-order valence-electron chi connectivity index (χ3n) is 5.37. The van der Waals surface area contributed by atoms with Crippen molar-refractivity contribution in [1.82, 2.24) is 0 Å². The van der Waals surface area contributed by atoms with E-state index in [-0.39, 0.29) is 17.8 Å². The Morgan fingerprint density at radius 1 is 1.00 bits per heavy atom. The molecule has 28 heavy (non-hydrogen) atoms. The second-order valence-electron chi connectivity index (χ2n) is 6.92. The first-order valence-electron chi connectivity index (χ1n) is 9.49. The van der Waals surface area contributed by atoms with Crippen LogP contribution in [-0.2, 0) is 9.53 Å². The van der Waals surface area contributed by atoms with E-state index in [1.165, 1.54) is 24.7 Å². The summed E-state index contributed by atoms with van der Waals surface area (Å²) in [5.41, 5.74) is 4.77. The van der Waals surface area contributed by atoms with Gasteiger partial charge in [0.1, 0.15) is 5.75 Å². The van der Waals surface area contributed by atoms with Crippen molar-refractivity contribution >= 4 is 35.1 Å². The highest BCUT2D eigenvalue weighted by Gasteiger charge is 2.49. The Labute approximate surface area is 174 Å². The van der Waals surface area contributed by atoms with Crippen LogP contribution in [0.15, 0.2) is 60.2 Å². The van der Waals surface area contributed by atoms with Crippen LogP contribution in [0.1, 0.15) is 23.5 Å². The Morgan fingerprint density at radius 2 is 1.75 bits per heavy atom. The van der Waals surface area contributed by atoms with Crippen molar-refractivity contribution in [2.75, 3.05) is 25.7 Å². The number of rotatable bonds is 5. The number of ether oxygens (including phenoxy) is 2. The number of benzene rings is 2. The molecule has 5 heteroatoms. The molecule has 4 rings (SSSR count). The van der Waals surface area contributed by atoms with Gasteiger partial charge >= 0.3 is 5.97 Å². The zero-order valence-electron chi connectivity index (χ0n) is 16.1. The van der Waals surface area contributed by atoms with Gasteiger partial charge in [-0.2, -0.15) is 0 Å². The monoisotopic (exact) mass is 412 g/mol. The quantitative estimate of drug-likeness (QED) is 0.628. The number of allylic oxidation sites excluding steroid dienone is 1. The van der Waals surface area contributed by atoms with Crippen LogP contribution in [0.2, 0.25) is 0 Å². The predicted molar refractivity (Wildman–Crippen MR) is 118 cm³/mol. The fourth-order valence-electron chi connectivity index (χ4n) is 4.08. The van der Waals surface area contributed by atoms with Gasteiger partial charge in [-0.05, 0) is 52.3 Å². The molecular weight excluding hydrogens is 388 g/mol. The topological polar surface area (TPSA) is 35.5 Å². The van der Waals surface area contributed by atoms with Crippen LogP contribution in [0.4, 0.5) is 0 Å². The summed E-state index contributed by atoms with van der Waals surface area (Å²) in [7, 11) is 3.18. The number of thioether (sulfide) groups is 2. The van der Waals surface area contributed by atoms with Gasteiger partial charge < -0.3 is 9.47 Å². The van der Waals surface area contributed by atoms with E-state index >= 15 is 0 Å². The first-order valence-corrected chi connectivity index (χ1v) is 11.6. The molecule has 0 spiro atoms. The fourth-order valence-corrected chi connectivity index (χ4v) is 7.19. The van der Waals surface area contributed by atoms with Crippen LogP contribution in [0.3, 0.4) is 0 Å². The molecule has 1 heterocycles. The van der Waals surface area contributed by atoms with Gasteiger partial charge in [-0.1, -0.05) is 42.5 Å². The molecule has 1 aliphatic carbocycles. The van der Waals surface area contributed by atoms with E-state index in [9.17, 15) is 4.79 Å². The van der Waals surface area contributed by atoms with E-state index in [1.54, 1.807) is 7.11 Å². The minimum absolute atomic E-state index is 0.0129. The van der Waals surface area contributed by atoms with Crippen molar-refractivity contribution in [2.45, 2.75) is 16.9 Å². The van der Waals surface area contributed by atoms with Crippen LogP contribution in [0.5, 0.6) is 5.75 Å². The van der Waals surface area contributed by atoms with E-state index < -0.39 is 0 Å². The Bertz CT molecular complexity index is 872. The maximum atomic E-state index is 12.8. The largest absolute Gasteiger partial charge is 0.497 e. The molecule has 3 nitrogen and oxygen atoms in total. The van der Waals surface area contributed by atoms with E-state index in [0.29, 0.717) is 4.58 Å². The molecule has 0 unspecified atom stereocenters. The highest BCUT2D eigenvalue weighted by molar-refractivity contribution is 8.17. The smallest absolute Gasteiger partial charge is 0.313 e. The van der Waals surface area contributed by atoms with Crippen LogP contribution >= 0.6 is 23.5 Å². The Hall–Kier alpha value is -1.85. The SMILES string of the molecule is COC(=O)[C@@H]1C(C2SCCCS2)=C(c2cccc(OC)c2)[C@H]1c1ccccc1. The minimum atomic E-state index is -0.225. The second-order valence-corrected chi connectivity index (χ2v) is 9.64. The van der Waals surface area contributed by atoms with Crippen molar-refractivity contribution in [3.05, 3.63) is 71.3 Å². The number of carbonyl (C=O) groups excluding carboxylic acids is 1. The molecular formula is C23H24O3S2. The normalized spacial score (nSPS) is 22.5. The highest BCUT2D eigenvalue weighted by atomic mass is 32.2. The average Bonchev–Trinajstić information content (AvgIpc) is 2.74. The molecule has 1 saturated heterocycles. The van der Waals surface area contributed by atoms with Crippen molar-refractivity contribution in [3.63, 3.8) is 0 Å². The number of esters is 1. The molecule has 0 amide bonds. The summed E-state index contributed by atoms with van der Waals surface area (Å²) in [5, 5.41) is 0. The Balaban J connectivity index is 1.87. The van der Waals surface area contributed by atoms with Crippen molar-refractivity contribution in [3.8, 4) is 5.75 Å². The average molecular weight is 413 g/mol. The molecule has 2 aromatic rings. The highest BCUT2D eigenvalue weighted by Crippen LogP contribution is 2.58. The van der Waals surface area contributed by atoms with Crippen molar-refractivity contribution in [1.29, 1.82) is 0 Å². The lowest BCUT2D eigenvalue weighted by Crippen LogP contribution is -2.39. The first kappa shape index (κ1) is 19.5. The summed E-state index contributed by atoms with van der Waals surface area (Å²) in [4.78, 5) is 12.8. The van der Waals surface area contributed by atoms with E-state index in [0.717, 1.165) is 28.4 Å². The van der Waals surface area contributed by atoms with Crippen molar-refractivity contribution in [2.24, 2.45) is 5.92 Å². The van der Waals surface area contributed by atoms with E-state index in [4.69, 9.17) is 9.47 Å². The lowest BCUT2D eigenvalue weighted by Gasteiger charge is -2.44. The zero-order valence-corrected chi connectivity index (χ0v) is 17.7. The van der Waals surface area contributed by atoms with Crippen LogP contribution in [0, 0.1) is 5.92 Å². The van der Waals surface area contributed by atoms with Gasteiger partial charge in [0.2, 0.25) is 0 Å². The molecule has 1 aliphatic heterocycles. The van der Waals surface area contributed by atoms with Crippen LogP contribution in [0.25, 0.3) is 5.57 Å². The lowest BCUT2D eigenvalue weighted by molar-refractivity contribution is -0.144. The second kappa shape index (κ2) is 8.66. The Morgan fingerprint density at radius 3 is 2.43 bits per heavy atom. The maximum Gasteiger partial charge on any atom is 0.313 e. The van der Waals surface area contributed by atoms with Gasteiger partial charge in [-0.25, -0.2) is 0 Å². The molecule has 2 aliphatic rings. The zero-order chi connectivity index (χ0) is 19.5. The van der Waals surface area contributed by atoms with Crippen LogP contribution < -0.4 is 4.74 Å². The summed E-state index contributed by atoms with van der Waals surface area (Å²) in [6, 6.07) is 18.5. The first-order chi connectivity index (χ1) is 13.7. The summed E-state index contributed by atoms with van der Waals surface area (Å²) in [5.74, 6) is 2.76. The van der Waals surface area contributed by atoms with E-state index in [2.05, 4.69) is 24.3 Å². The van der Waals surface area contributed by atoms with Gasteiger partial charge in [-0.3, -0.25) is 4.79 Å². The number of carbonyl (C=O) groups is 1. The predicted octanol–water partition coefficient (Wildman–Crippen LogP) is 5.23. The van der Waals surface area contributed by atoms with Crippen LogP contribution in [-0.4, -0.2) is 36.3 Å². The third kappa shape index (κ3) is 3.58. The third-order valence-corrected chi connectivity index (χ3v) is 8.34. The molecule has 2 aromatic carbocycles. The van der Waals surface area contributed by atoms with Gasteiger partial charge in [0.25, 0.3) is 0 Å². The molecule has 146 valence electrons. The van der Waals surface area contributed by atoms with Crippen molar-refractivity contribution < 1.29 is 14.3 Å². The summed E-state index contributed by atoms with van der Waals surface area (Å²) in [6.07, 6.45) is 1.22.